The van der Waals surface area contributed by atoms with Gasteiger partial charge in [-0.05, 0) is 44.3 Å². The molecule has 2 bridgehead atoms. The highest BCUT2D eigenvalue weighted by Gasteiger charge is 2.43. The van der Waals surface area contributed by atoms with Gasteiger partial charge in [-0.2, -0.15) is 11.8 Å². The molecule has 3 aliphatic rings. The van der Waals surface area contributed by atoms with E-state index in [-0.39, 0.29) is 0 Å². The van der Waals surface area contributed by atoms with E-state index in [0.29, 0.717) is 6.04 Å². The summed E-state index contributed by atoms with van der Waals surface area (Å²) >= 11 is 2.08. The van der Waals surface area contributed by atoms with Crippen LogP contribution in [0.4, 0.5) is 0 Å². The van der Waals surface area contributed by atoms with Crippen molar-refractivity contribution in [3.05, 3.63) is 0 Å². The van der Waals surface area contributed by atoms with Crippen LogP contribution < -0.4 is 0 Å². The Kier molecular flexibility index (Phi) is 3.28. The number of fused-ring (bicyclic) bond motifs is 2. The maximum atomic E-state index is 5.12. The van der Waals surface area contributed by atoms with E-state index in [0.717, 1.165) is 17.1 Å². The van der Waals surface area contributed by atoms with E-state index < -0.39 is 0 Å². The van der Waals surface area contributed by atoms with Crippen LogP contribution in [0.2, 0.25) is 0 Å². The van der Waals surface area contributed by atoms with Gasteiger partial charge in [-0.15, -0.1) is 0 Å². The number of hydrogen-bond acceptors (Lipinski definition) is 2. The standard InChI is InChI=1S/C14H23NS/c1-16-14-9-10-7-12(14)13(8-10)15-11-5-3-2-4-6-11/h10-12,14H,2-9H2,1H3/t10-,12+,14+/m0/s1. The second kappa shape index (κ2) is 4.72. The zero-order valence-electron chi connectivity index (χ0n) is 10.3. The summed E-state index contributed by atoms with van der Waals surface area (Å²) in [5, 5.41) is 0.904. The van der Waals surface area contributed by atoms with Crippen LogP contribution >= 0.6 is 11.8 Å². The molecule has 3 atom stereocenters. The summed E-state index contributed by atoms with van der Waals surface area (Å²) in [5.74, 6) is 1.85. The lowest BCUT2D eigenvalue weighted by Gasteiger charge is -2.25. The SMILES string of the molecule is CS[C@@H]1C[C@@H]2CC(=NC3CCCCC3)[C@H]1C2. The molecule has 2 heteroatoms. The van der Waals surface area contributed by atoms with Crippen LogP contribution in [0.15, 0.2) is 4.99 Å². The number of hydrogen-bond donors (Lipinski definition) is 0. The van der Waals surface area contributed by atoms with E-state index in [4.69, 9.17) is 4.99 Å². The van der Waals surface area contributed by atoms with Crippen molar-refractivity contribution in [2.24, 2.45) is 16.8 Å². The highest BCUT2D eigenvalue weighted by Crippen LogP contribution is 2.47. The van der Waals surface area contributed by atoms with Gasteiger partial charge in [0.25, 0.3) is 0 Å². The van der Waals surface area contributed by atoms with Gasteiger partial charge in [0.05, 0.1) is 0 Å². The molecule has 0 aromatic rings. The molecule has 0 aromatic carbocycles. The third kappa shape index (κ3) is 2.05. The van der Waals surface area contributed by atoms with Crippen molar-refractivity contribution in [2.75, 3.05) is 6.26 Å². The molecule has 1 nitrogen and oxygen atoms in total. The Morgan fingerprint density at radius 2 is 1.94 bits per heavy atom. The maximum absolute atomic E-state index is 5.12. The molecule has 0 aromatic heterocycles. The van der Waals surface area contributed by atoms with E-state index in [2.05, 4.69) is 18.0 Å². The van der Waals surface area contributed by atoms with Gasteiger partial charge >= 0.3 is 0 Å². The molecule has 0 spiro atoms. The summed E-state index contributed by atoms with van der Waals surface area (Å²) in [5.41, 5.74) is 1.61. The van der Waals surface area contributed by atoms with Crippen molar-refractivity contribution in [3.8, 4) is 0 Å². The van der Waals surface area contributed by atoms with Gasteiger partial charge in [-0.25, -0.2) is 0 Å². The molecule has 90 valence electrons. The van der Waals surface area contributed by atoms with Crippen LogP contribution in [0.3, 0.4) is 0 Å². The Balaban J connectivity index is 1.68. The molecular weight excluding hydrogens is 214 g/mol. The Morgan fingerprint density at radius 3 is 2.62 bits per heavy atom. The minimum Gasteiger partial charge on any atom is -0.290 e. The fourth-order valence-corrected chi connectivity index (χ4v) is 4.98. The molecule has 16 heavy (non-hydrogen) atoms. The van der Waals surface area contributed by atoms with Gasteiger partial charge in [0.15, 0.2) is 0 Å². The Hall–Kier alpha value is 0.0200. The van der Waals surface area contributed by atoms with Gasteiger partial charge in [0, 0.05) is 22.9 Å². The van der Waals surface area contributed by atoms with Crippen molar-refractivity contribution < 1.29 is 0 Å². The molecule has 0 radical (unpaired) electrons. The molecule has 3 rings (SSSR count). The average molecular weight is 237 g/mol. The molecule has 0 amide bonds. The van der Waals surface area contributed by atoms with Crippen LogP contribution in [-0.4, -0.2) is 23.3 Å². The van der Waals surface area contributed by atoms with Gasteiger partial charge in [-0.1, -0.05) is 19.3 Å². The van der Waals surface area contributed by atoms with Crippen molar-refractivity contribution in [2.45, 2.75) is 62.7 Å². The first-order valence-corrected chi connectivity index (χ1v) is 8.25. The summed E-state index contributed by atoms with van der Waals surface area (Å²) < 4.78 is 0. The first kappa shape index (κ1) is 11.1. The Bertz CT molecular complexity index is 280. The van der Waals surface area contributed by atoms with Crippen molar-refractivity contribution in [3.63, 3.8) is 0 Å². The predicted molar refractivity (Wildman–Crippen MR) is 72.4 cm³/mol. The topological polar surface area (TPSA) is 12.4 Å². The first-order chi connectivity index (χ1) is 7.86. The zero-order chi connectivity index (χ0) is 11.0. The monoisotopic (exact) mass is 237 g/mol. The van der Waals surface area contributed by atoms with Crippen LogP contribution in [0.5, 0.6) is 0 Å². The summed E-state index contributed by atoms with van der Waals surface area (Å²) in [6.07, 6.45) is 13.6. The normalized spacial score (nSPS) is 42.1. The zero-order valence-corrected chi connectivity index (χ0v) is 11.1. The molecule has 0 N–H and O–H groups in total. The van der Waals surface area contributed by atoms with Gasteiger partial charge in [0.2, 0.25) is 0 Å². The Labute approximate surface area is 103 Å². The van der Waals surface area contributed by atoms with Crippen molar-refractivity contribution in [1.82, 2.24) is 0 Å². The van der Waals surface area contributed by atoms with Crippen molar-refractivity contribution >= 4 is 17.5 Å². The molecule has 0 heterocycles. The molecular formula is C14H23NS. The molecule has 3 fully saturated rings. The van der Waals surface area contributed by atoms with E-state index >= 15 is 0 Å². The fraction of sp³-hybridized carbons (Fsp3) is 0.929. The number of nitrogens with zero attached hydrogens (tertiary/aromatic N) is 1. The average Bonchev–Trinajstić information content (AvgIpc) is 2.89. The van der Waals surface area contributed by atoms with Crippen molar-refractivity contribution in [1.29, 1.82) is 0 Å². The number of aliphatic imine (C=N–C) groups is 1. The lowest BCUT2D eigenvalue weighted by atomic mass is 9.93. The van der Waals surface area contributed by atoms with Gasteiger partial charge in [0.1, 0.15) is 0 Å². The third-order valence-electron chi connectivity index (χ3n) is 4.75. The quantitative estimate of drug-likeness (QED) is 0.709. The van der Waals surface area contributed by atoms with E-state index in [9.17, 15) is 0 Å². The second-order valence-electron chi connectivity index (χ2n) is 5.83. The van der Waals surface area contributed by atoms with E-state index in [1.54, 1.807) is 5.71 Å². The largest absolute Gasteiger partial charge is 0.290 e. The lowest BCUT2D eigenvalue weighted by Crippen LogP contribution is -2.24. The Morgan fingerprint density at radius 1 is 1.12 bits per heavy atom. The molecule has 0 aliphatic heterocycles. The van der Waals surface area contributed by atoms with Gasteiger partial charge < -0.3 is 0 Å². The number of rotatable bonds is 2. The van der Waals surface area contributed by atoms with Crippen LogP contribution in [0, 0.1) is 11.8 Å². The maximum Gasteiger partial charge on any atom is 0.0499 e. The number of thioether (sulfide) groups is 1. The predicted octanol–water partition coefficient (Wildman–Crippen LogP) is 3.92. The van der Waals surface area contributed by atoms with Crippen LogP contribution in [0.1, 0.15) is 51.4 Å². The van der Waals surface area contributed by atoms with Crippen LogP contribution in [-0.2, 0) is 0 Å². The molecule has 3 aliphatic carbocycles. The smallest absolute Gasteiger partial charge is 0.0499 e. The minimum absolute atomic E-state index is 0.700. The lowest BCUT2D eigenvalue weighted by molar-refractivity contribution is 0.440. The minimum atomic E-state index is 0.700. The third-order valence-corrected chi connectivity index (χ3v) is 5.88. The fourth-order valence-electron chi connectivity index (χ4n) is 3.92. The molecule has 0 unspecified atom stereocenters. The summed E-state index contributed by atoms with van der Waals surface area (Å²) in [6.45, 7) is 0. The molecule has 0 saturated heterocycles. The summed E-state index contributed by atoms with van der Waals surface area (Å²) in [7, 11) is 0. The first-order valence-electron chi connectivity index (χ1n) is 6.96. The van der Waals surface area contributed by atoms with Crippen LogP contribution in [0.25, 0.3) is 0 Å². The van der Waals surface area contributed by atoms with Gasteiger partial charge in [-0.3, -0.25) is 4.99 Å². The second-order valence-corrected chi connectivity index (χ2v) is 6.91. The van der Waals surface area contributed by atoms with E-state index in [1.165, 1.54) is 51.4 Å². The highest BCUT2D eigenvalue weighted by molar-refractivity contribution is 7.99. The van der Waals surface area contributed by atoms with E-state index in [1.807, 2.05) is 0 Å². The summed E-state index contributed by atoms with van der Waals surface area (Å²) in [6, 6.07) is 0.700. The summed E-state index contributed by atoms with van der Waals surface area (Å²) in [4.78, 5) is 5.12. The highest BCUT2D eigenvalue weighted by atomic mass is 32.2. The molecule has 3 saturated carbocycles.